The number of aromatic nitrogens is 2. The second-order valence-corrected chi connectivity index (χ2v) is 4.38. The Morgan fingerprint density at radius 3 is 3.00 bits per heavy atom. The Bertz CT molecular complexity index is 530. The molecule has 1 unspecified atom stereocenters. The van der Waals surface area contributed by atoms with Gasteiger partial charge < -0.3 is 16.4 Å². The first-order valence-corrected chi connectivity index (χ1v) is 5.86. The van der Waals surface area contributed by atoms with Crippen LogP contribution in [-0.2, 0) is 4.79 Å². The van der Waals surface area contributed by atoms with Crippen LogP contribution in [0, 0.1) is 0 Å². The lowest BCUT2D eigenvalue weighted by Gasteiger charge is -2.24. The fourth-order valence-corrected chi connectivity index (χ4v) is 1.91. The molecule has 0 fully saturated rings. The third-order valence-electron chi connectivity index (χ3n) is 2.20. The van der Waals surface area contributed by atoms with Crippen molar-refractivity contribution in [3.8, 4) is 0 Å². The van der Waals surface area contributed by atoms with Crippen LogP contribution in [0.5, 0.6) is 0 Å². The van der Waals surface area contributed by atoms with Gasteiger partial charge in [0.1, 0.15) is 23.2 Å². The predicted octanol–water partition coefficient (Wildman–Crippen LogP) is 0.567. The Kier molecular flexibility index (Phi) is 3.73. The molecule has 1 atom stereocenters. The van der Waals surface area contributed by atoms with Crippen molar-refractivity contribution in [1.29, 1.82) is 0 Å². The number of nitrogens with two attached hydrogens (primary N) is 1. The normalized spacial score (nSPS) is 19.0. The van der Waals surface area contributed by atoms with Gasteiger partial charge in [0.15, 0.2) is 0 Å². The van der Waals surface area contributed by atoms with E-state index in [2.05, 4.69) is 33.2 Å². The molecule has 4 N–H and O–H groups in total. The smallest absolute Gasteiger partial charge is 0.266 e. The third kappa shape index (κ3) is 2.74. The lowest BCUT2D eigenvalue weighted by atomic mass is 10.2. The number of anilines is 1. The second kappa shape index (κ2) is 5.28. The Labute approximate surface area is 114 Å². The van der Waals surface area contributed by atoms with Gasteiger partial charge in [-0.25, -0.2) is 9.97 Å². The molecule has 94 valence electrons. The second-order valence-electron chi connectivity index (χ2n) is 3.45. The Hall–Kier alpha value is -1.73. The molecule has 8 heteroatoms. The summed E-state index contributed by atoms with van der Waals surface area (Å²) < 4.78 is 0. The summed E-state index contributed by atoms with van der Waals surface area (Å²) in [6, 6.07) is 1.70. The molecule has 1 amide bonds. The first-order valence-electron chi connectivity index (χ1n) is 4.96. The van der Waals surface area contributed by atoms with Gasteiger partial charge in [0.2, 0.25) is 0 Å². The molecule has 1 aromatic heterocycles. The van der Waals surface area contributed by atoms with Crippen LogP contribution in [0.4, 0.5) is 5.82 Å². The van der Waals surface area contributed by atoms with Crippen LogP contribution in [0.2, 0.25) is 0 Å². The van der Waals surface area contributed by atoms with Gasteiger partial charge in [-0.1, -0.05) is 11.6 Å². The zero-order valence-corrected chi connectivity index (χ0v) is 10.7. The summed E-state index contributed by atoms with van der Waals surface area (Å²) in [7, 11) is 0. The van der Waals surface area contributed by atoms with Gasteiger partial charge in [-0.15, -0.1) is 12.6 Å². The highest BCUT2D eigenvalue weighted by molar-refractivity contribution is 7.81. The Morgan fingerprint density at radius 1 is 1.61 bits per heavy atom. The molecule has 2 heterocycles. The molecule has 0 saturated heterocycles. The van der Waals surface area contributed by atoms with Crippen LogP contribution in [0.25, 0.3) is 0 Å². The molecule has 2 rings (SSSR count). The molecule has 6 nitrogen and oxygen atoms in total. The number of carbonyl (C=O) groups is 1. The van der Waals surface area contributed by atoms with E-state index in [0.29, 0.717) is 11.5 Å². The van der Waals surface area contributed by atoms with E-state index in [1.807, 2.05) is 0 Å². The first kappa shape index (κ1) is 12.7. The number of primary amides is 1. The quantitative estimate of drug-likeness (QED) is 0.609. The van der Waals surface area contributed by atoms with Crippen LogP contribution >= 0.6 is 24.2 Å². The molecule has 18 heavy (non-hydrogen) atoms. The number of nitrogens with one attached hydrogen (secondary N) is 2. The van der Waals surface area contributed by atoms with Gasteiger partial charge >= 0.3 is 0 Å². The van der Waals surface area contributed by atoms with E-state index in [9.17, 15) is 4.79 Å². The lowest BCUT2D eigenvalue weighted by Crippen LogP contribution is -2.37. The third-order valence-corrected chi connectivity index (χ3v) is 2.90. The minimum atomic E-state index is -0.628. The SMILES string of the molecule is NC(=O)C1=C(Cl)C=C(Nc2ccncn2)C(S)N1. The number of hydrogen-bond acceptors (Lipinski definition) is 6. The predicted molar refractivity (Wildman–Crippen MR) is 71.7 cm³/mol. The number of hydrogen-bond donors (Lipinski definition) is 4. The van der Waals surface area contributed by atoms with Crippen molar-refractivity contribution in [3.63, 3.8) is 0 Å². The zero-order chi connectivity index (χ0) is 13.1. The number of dihydropyridines is 1. The van der Waals surface area contributed by atoms with Crippen molar-refractivity contribution in [3.05, 3.63) is 41.1 Å². The fraction of sp³-hybridized carbons (Fsp3) is 0.100. The van der Waals surface area contributed by atoms with E-state index in [1.165, 1.54) is 6.33 Å². The summed E-state index contributed by atoms with van der Waals surface area (Å²) in [6.45, 7) is 0. The van der Waals surface area contributed by atoms with Gasteiger partial charge in [0.05, 0.1) is 10.7 Å². The topological polar surface area (TPSA) is 92.9 Å². The highest BCUT2D eigenvalue weighted by atomic mass is 35.5. The van der Waals surface area contributed by atoms with Crippen molar-refractivity contribution in [1.82, 2.24) is 15.3 Å². The van der Waals surface area contributed by atoms with E-state index in [-0.39, 0.29) is 10.7 Å². The highest BCUT2D eigenvalue weighted by Crippen LogP contribution is 2.23. The molecule has 0 radical (unpaired) electrons. The maximum Gasteiger partial charge on any atom is 0.266 e. The largest absolute Gasteiger partial charge is 0.364 e. The maximum absolute atomic E-state index is 11.1. The average Bonchev–Trinajstić information content (AvgIpc) is 2.34. The summed E-state index contributed by atoms with van der Waals surface area (Å²) >= 11 is 10.2. The number of amides is 1. The van der Waals surface area contributed by atoms with E-state index in [1.54, 1.807) is 18.3 Å². The van der Waals surface area contributed by atoms with E-state index in [4.69, 9.17) is 17.3 Å². The number of nitrogens with zero attached hydrogens (tertiary/aromatic N) is 2. The fourth-order valence-electron chi connectivity index (χ4n) is 1.38. The summed E-state index contributed by atoms with van der Waals surface area (Å²) in [5.74, 6) is -0.0273. The molecule has 1 aromatic rings. The first-order chi connectivity index (χ1) is 8.58. The summed E-state index contributed by atoms with van der Waals surface area (Å²) in [6.07, 6.45) is 4.60. The van der Waals surface area contributed by atoms with Gasteiger partial charge in [-0.3, -0.25) is 4.79 Å². The van der Waals surface area contributed by atoms with Gasteiger partial charge in [0, 0.05) is 6.20 Å². The average molecular weight is 284 g/mol. The molecular weight excluding hydrogens is 274 g/mol. The number of thiol groups is 1. The number of allylic oxidation sites excluding steroid dienone is 2. The van der Waals surface area contributed by atoms with Crippen molar-refractivity contribution in [2.75, 3.05) is 5.32 Å². The van der Waals surface area contributed by atoms with E-state index in [0.717, 1.165) is 0 Å². The number of halogens is 1. The lowest BCUT2D eigenvalue weighted by molar-refractivity contribution is -0.114. The molecule has 0 saturated carbocycles. The van der Waals surface area contributed by atoms with Crippen LogP contribution in [0.3, 0.4) is 0 Å². The summed E-state index contributed by atoms with van der Waals surface area (Å²) in [4.78, 5) is 18.9. The van der Waals surface area contributed by atoms with Gasteiger partial charge in [-0.05, 0) is 12.1 Å². The van der Waals surface area contributed by atoms with Crippen LogP contribution in [-0.4, -0.2) is 21.2 Å². The van der Waals surface area contributed by atoms with Crippen molar-refractivity contribution in [2.45, 2.75) is 5.37 Å². The summed E-state index contributed by atoms with van der Waals surface area (Å²) in [5, 5.41) is 5.62. The minimum absolute atomic E-state index is 0.143. The van der Waals surface area contributed by atoms with Crippen LogP contribution in [0.1, 0.15) is 0 Å². The van der Waals surface area contributed by atoms with Crippen LogP contribution < -0.4 is 16.4 Å². The van der Waals surface area contributed by atoms with E-state index >= 15 is 0 Å². The number of carbonyl (C=O) groups excluding carboxylic acids is 1. The molecular formula is C10H10ClN5OS. The van der Waals surface area contributed by atoms with Crippen LogP contribution in [0.15, 0.2) is 41.1 Å². The Morgan fingerprint density at radius 2 is 2.39 bits per heavy atom. The summed E-state index contributed by atoms with van der Waals surface area (Å²) in [5.41, 5.74) is 5.97. The van der Waals surface area contributed by atoms with Gasteiger partial charge in [0.25, 0.3) is 5.91 Å². The molecule has 0 aliphatic carbocycles. The zero-order valence-electron chi connectivity index (χ0n) is 9.09. The minimum Gasteiger partial charge on any atom is -0.364 e. The highest BCUT2D eigenvalue weighted by Gasteiger charge is 2.22. The van der Waals surface area contributed by atoms with Crippen molar-refractivity contribution < 1.29 is 4.79 Å². The van der Waals surface area contributed by atoms with Gasteiger partial charge in [-0.2, -0.15) is 0 Å². The number of rotatable bonds is 3. The maximum atomic E-state index is 11.1. The molecule has 1 aliphatic rings. The standard InChI is InChI=1S/C10H10ClN5OS/c11-5-3-6(10(18)16-8(5)9(12)17)15-7-1-2-13-4-14-7/h1-4,10,16,18H,(H2,12,17)(H,13,14,15). The van der Waals surface area contributed by atoms with E-state index < -0.39 is 11.3 Å². The molecule has 0 aromatic carbocycles. The monoisotopic (exact) mass is 283 g/mol. The van der Waals surface area contributed by atoms with Crippen molar-refractivity contribution in [2.24, 2.45) is 5.73 Å². The van der Waals surface area contributed by atoms with Crippen molar-refractivity contribution >= 4 is 36.0 Å². The molecule has 0 bridgehead atoms. The Balaban J connectivity index is 2.24. The molecule has 1 aliphatic heterocycles. The molecule has 0 spiro atoms.